The van der Waals surface area contributed by atoms with Crippen LogP contribution in [0.1, 0.15) is 49.0 Å². The minimum Gasteiger partial charge on any atom is -0.450 e. The SMILES string of the molecule is CCCCCOC(=O)NCc1cccc(CO/N=C(\c2ccccc2)c2nnnn2C)n1. The summed E-state index contributed by atoms with van der Waals surface area (Å²) in [6, 6.07) is 15.0. The van der Waals surface area contributed by atoms with E-state index < -0.39 is 6.09 Å². The number of unbranched alkanes of at least 4 members (excludes halogenated alkanes) is 2. The van der Waals surface area contributed by atoms with Gasteiger partial charge >= 0.3 is 6.09 Å². The summed E-state index contributed by atoms with van der Waals surface area (Å²) >= 11 is 0. The molecule has 0 aliphatic heterocycles. The summed E-state index contributed by atoms with van der Waals surface area (Å²) in [6.45, 7) is 2.94. The van der Waals surface area contributed by atoms with Crippen LogP contribution in [0, 0.1) is 0 Å². The number of amides is 1. The number of aryl methyl sites for hydroxylation is 1. The second-order valence-electron chi connectivity index (χ2n) is 7.02. The molecule has 10 nitrogen and oxygen atoms in total. The van der Waals surface area contributed by atoms with Crippen LogP contribution in [0.3, 0.4) is 0 Å². The van der Waals surface area contributed by atoms with Crippen molar-refractivity contribution in [3.05, 3.63) is 71.3 Å². The molecule has 0 bridgehead atoms. The maximum Gasteiger partial charge on any atom is 0.407 e. The maximum absolute atomic E-state index is 11.8. The third-order valence-electron chi connectivity index (χ3n) is 4.51. The third-order valence-corrected chi connectivity index (χ3v) is 4.51. The van der Waals surface area contributed by atoms with E-state index in [1.54, 1.807) is 7.05 Å². The summed E-state index contributed by atoms with van der Waals surface area (Å²) in [5.74, 6) is 0.486. The predicted molar refractivity (Wildman–Crippen MR) is 118 cm³/mol. The lowest BCUT2D eigenvalue weighted by atomic mass is 10.1. The first-order valence-electron chi connectivity index (χ1n) is 10.5. The molecule has 1 amide bonds. The van der Waals surface area contributed by atoms with Crippen LogP contribution in [0.25, 0.3) is 0 Å². The third kappa shape index (κ3) is 6.86. The van der Waals surface area contributed by atoms with Crippen molar-refractivity contribution in [1.29, 1.82) is 0 Å². The Kier molecular flexibility index (Phi) is 8.67. The maximum atomic E-state index is 11.8. The molecular formula is C22H27N7O3. The number of hydrogen-bond donors (Lipinski definition) is 1. The van der Waals surface area contributed by atoms with Gasteiger partial charge < -0.3 is 14.9 Å². The van der Waals surface area contributed by atoms with Gasteiger partial charge in [0.2, 0.25) is 5.82 Å². The Balaban J connectivity index is 1.58. The lowest BCUT2D eigenvalue weighted by molar-refractivity contribution is 0.127. The normalized spacial score (nSPS) is 11.2. The van der Waals surface area contributed by atoms with Crippen LogP contribution in [0.4, 0.5) is 4.79 Å². The van der Waals surface area contributed by atoms with E-state index in [1.165, 1.54) is 4.68 Å². The number of pyridine rings is 1. The van der Waals surface area contributed by atoms with Gasteiger partial charge in [0.25, 0.3) is 0 Å². The highest BCUT2D eigenvalue weighted by molar-refractivity contribution is 6.10. The Morgan fingerprint density at radius 2 is 1.91 bits per heavy atom. The fraction of sp³-hybridized carbons (Fsp3) is 0.364. The molecule has 10 heteroatoms. The van der Waals surface area contributed by atoms with Gasteiger partial charge in [-0.3, -0.25) is 4.98 Å². The molecule has 3 rings (SSSR count). The number of carbonyl (C=O) groups is 1. The van der Waals surface area contributed by atoms with Gasteiger partial charge in [-0.1, -0.05) is 61.3 Å². The minimum absolute atomic E-state index is 0.150. The minimum atomic E-state index is -0.445. The standard InChI is InChI=1S/C22H27N7O3/c1-3-4-8-14-31-22(30)23-15-18-12-9-13-19(24-18)16-32-26-20(17-10-6-5-7-11-17)21-25-27-28-29(21)2/h5-7,9-13H,3-4,8,14-16H2,1-2H3,(H,23,30)/b26-20+. The zero-order valence-corrected chi connectivity index (χ0v) is 18.3. The molecule has 0 aliphatic carbocycles. The van der Waals surface area contributed by atoms with Crippen LogP contribution in [0.15, 0.2) is 53.7 Å². The molecule has 0 unspecified atom stereocenters. The fourth-order valence-electron chi connectivity index (χ4n) is 2.85. The molecule has 0 radical (unpaired) electrons. The summed E-state index contributed by atoms with van der Waals surface area (Å²) in [7, 11) is 1.74. The molecule has 0 saturated heterocycles. The summed E-state index contributed by atoms with van der Waals surface area (Å²) in [6.07, 6.45) is 2.54. The van der Waals surface area contributed by atoms with Crippen molar-refractivity contribution >= 4 is 11.8 Å². The number of nitrogens with zero attached hydrogens (tertiary/aromatic N) is 6. The smallest absolute Gasteiger partial charge is 0.407 e. The van der Waals surface area contributed by atoms with E-state index in [9.17, 15) is 4.79 Å². The molecule has 0 aliphatic rings. The first-order chi connectivity index (χ1) is 15.7. The molecule has 2 heterocycles. The molecule has 0 spiro atoms. The van der Waals surface area contributed by atoms with Crippen LogP contribution >= 0.6 is 0 Å². The number of nitrogens with one attached hydrogen (secondary N) is 1. The number of benzene rings is 1. The van der Waals surface area contributed by atoms with Crippen LogP contribution in [-0.4, -0.2) is 43.6 Å². The Morgan fingerprint density at radius 1 is 1.09 bits per heavy atom. The first kappa shape index (κ1) is 22.9. The number of aromatic nitrogens is 5. The second-order valence-corrected chi connectivity index (χ2v) is 7.02. The topological polar surface area (TPSA) is 116 Å². The molecular weight excluding hydrogens is 410 g/mol. The van der Waals surface area contributed by atoms with E-state index in [-0.39, 0.29) is 13.2 Å². The van der Waals surface area contributed by atoms with Gasteiger partial charge in [-0.05, 0) is 29.0 Å². The predicted octanol–water partition coefficient (Wildman–Crippen LogP) is 2.99. The quantitative estimate of drug-likeness (QED) is 0.278. The summed E-state index contributed by atoms with van der Waals surface area (Å²) in [4.78, 5) is 21.8. The number of alkyl carbamates (subject to hydrolysis) is 1. The molecule has 0 saturated carbocycles. The molecule has 2 aromatic heterocycles. The van der Waals surface area contributed by atoms with Crippen molar-refractivity contribution in [1.82, 2.24) is 30.5 Å². The van der Waals surface area contributed by atoms with Gasteiger partial charge in [-0.25, -0.2) is 9.48 Å². The number of rotatable bonds is 11. The van der Waals surface area contributed by atoms with Gasteiger partial charge in [0.15, 0.2) is 12.3 Å². The van der Waals surface area contributed by atoms with Crippen LogP contribution in [-0.2, 0) is 29.8 Å². The van der Waals surface area contributed by atoms with Gasteiger partial charge in [0.1, 0.15) is 0 Å². The fourth-order valence-corrected chi connectivity index (χ4v) is 2.85. The van der Waals surface area contributed by atoms with Crippen molar-refractivity contribution < 1.29 is 14.4 Å². The highest BCUT2D eigenvalue weighted by Crippen LogP contribution is 2.09. The number of oxime groups is 1. The molecule has 32 heavy (non-hydrogen) atoms. The monoisotopic (exact) mass is 437 g/mol. The van der Waals surface area contributed by atoms with E-state index in [0.29, 0.717) is 29.5 Å². The van der Waals surface area contributed by atoms with E-state index in [1.807, 2.05) is 48.5 Å². The zero-order chi connectivity index (χ0) is 22.6. The highest BCUT2D eigenvalue weighted by Gasteiger charge is 2.14. The highest BCUT2D eigenvalue weighted by atomic mass is 16.6. The van der Waals surface area contributed by atoms with E-state index in [0.717, 1.165) is 24.8 Å². The van der Waals surface area contributed by atoms with Crippen LogP contribution < -0.4 is 5.32 Å². The summed E-state index contributed by atoms with van der Waals surface area (Å²) in [5.41, 5.74) is 2.71. The van der Waals surface area contributed by atoms with Crippen molar-refractivity contribution in [2.24, 2.45) is 12.2 Å². The molecule has 0 atom stereocenters. The van der Waals surface area contributed by atoms with Crippen LogP contribution in [0.5, 0.6) is 0 Å². The zero-order valence-electron chi connectivity index (χ0n) is 18.3. The Hall–Kier alpha value is -3.82. The van der Waals surface area contributed by atoms with Gasteiger partial charge in [-0.2, -0.15) is 0 Å². The number of hydrogen-bond acceptors (Lipinski definition) is 8. The first-order valence-corrected chi connectivity index (χ1v) is 10.5. The molecule has 0 fully saturated rings. The molecule has 1 aromatic carbocycles. The number of tetrazole rings is 1. The van der Waals surface area contributed by atoms with Crippen molar-refractivity contribution in [2.45, 2.75) is 39.3 Å². The van der Waals surface area contributed by atoms with Crippen molar-refractivity contribution in [3.8, 4) is 0 Å². The van der Waals surface area contributed by atoms with Crippen molar-refractivity contribution in [2.75, 3.05) is 6.61 Å². The number of carbonyl (C=O) groups excluding carboxylic acids is 1. The largest absolute Gasteiger partial charge is 0.450 e. The van der Waals surface area contributed by atoms with E-state index >= 15 is 0 Å². The Bertz CT molecular complexity index is 1020. The van der Waals surface area contributed by atoms with Crippen molar-refractivity contribution in [3.63, 3.8) is 0 Å². The van der Waals surface area contributed by atoms with E-state index in [4.69, 9.17) is 9.57 Å². The second kappa shape index (κ2) is 12.1. The Morgan fingerprint density at radius 3 is 2.66 bits per heavy atom. The summed E-state index contributed by atoms with van der Waals surface area (Å²) in [5, 5.41) is 18.5. The molecule has 3 aromatic rings. The molecule has 1 N–H and O–H groups in total. The van der Waals surface area contributed by atoms with Crippen LogP contribution in [0.2, 0.25) is 0 Å². The lowest BCUT2D eigenvalue weighted by Crippen LogP contribution is -2.24. The average Bonchev–Trinajstić information content (AvgIpc) is 3.24. The van der Waals surface area contributed by atoms with Gasteiger partial charge in [-0.15, -0.1) is 5.10 Å². The molecule has 168 valence electrons. The van der Waals surface area contributed by atoms with Gasteiger partial charge in [0.05, 0.1) is 24.5 Å². The van der Waals surface area contributed by atoms with E-state index in [2.05, 4.69) is 37.9 Å². The Labute approximate surface area is 186 Å². The lowest BCUT2D eigenvalue weighted by Gasteiger charge is -2.08. The number of ether oxygens (including phenoxy) is 1. The summed E-state index contributed by atoms with van der Waals surface area (Å²) < 4.78 is 6.66. The van der Waals surface area contributed by atoms with Gasteiger partial charge in [0, 0.05) is 12.6 Å². The average molecular weight is 438 g/mol.